The van der Waals surface area contributed by atoms with Crippen LogP contribution in [0.3, 0.4) is 0 Å². The Balaban J connectivity index is 2.17. The predicted molar refractivity (Wildman–Crippen MR) is 95.8 cm³/mol. The van der Waals surface area contributed by atoms with Crippen molar-refractivity contribution >= 4 is 13.2 Å². The molecule has 2 rings (SSSR count). The van der Waals surface area contributed by atoms with Crippen molar-refractivity contribution in [1.82, 2.24) is 4.90 Å². The van der Waals surface area contributed by atoms with Gasteiger partial charge < -0.3 is 14.0 Å². The second-order valence-corrected chi connectivity index (χ2v) is 9.34. The summed E-state index contributed by atoms with van der Waals surface area (Å²) >= 11 is 0. The number of hydrogen-bond donors (Lipinski definition) is 0. The Labute approximate surface area is 146 Å². The molecule has 1 fully saturated rings. The van der Waals surface area contributed by atoms with E-state index in [2.05, 4.69) is 33.8 Å². The molecule has 1 amide bonds. The van der Waals surface area contributed by atoms with Crippen LogP contribution in [0.1, 0.15) is 68.7 Å². The molecular weight excluding hydrogens is 305 g/mol. The monoisotopic (exact) mass is 337 g/mol. The Morgan fingerprint density at radius 2 is 1.62 bits per heavy atom. The van der Waals surface area contributed by atoms with Crippen LogP contribution in [0.25, 0.3) is 0 Å². The molecule has 0 bridgehead atoms. The lowest BCUT2D eigenvalue weighted by Crippen LogP contribution is -2.52. The summed E-state index contributed by atoms with van der Waals surface area (Å²) in [5, 5.41) is 0. The molecule has 0 spiro atoms. The van der Waals surface area contributed by atoms with Crippen LogP contribution >= 0.6 is 0 Å². The zero-order chi connectivity index (χ0) is 18.6. The molecule has 0 aromatic heterocycles. The summed E-state index contributed by atoms with van der Waals surface area (Å²) in [6, 6.07) is 0. The first-order valence-corrected chi connectivity index (χ1v) is 8.73. The van der Waals surface area contributed by atoms with E-state index in [1.54, 1.807) is 4.90 Å². The maximum Gasteiger partial charge on any atom is 0.490 e. The molecular formula is C18H32BNO4. The number of carbonyl (C=O) groups is 1. The number of hydrogen-bond acceptors (Lipinski definition) is 4. The van der Waals surface area contributed by atoms with Gasteiger partial charge in [0, 0.05) is 6.54 Å². The topological polar surface area (TPSA) is 48.0 Å². The normalized spacial score (nSPS) is 25.5. The van der Waals surface area contributed by atoms with Gasteiger partial charge in [-0.25, -0.2) is 4.79 Å². The molecule has 6 heteroatoms. The van der Waals surface area contributed by atoms with Gasteiger partial charge in [0.15, 0.2) is 0 Å². The van der Waals surface area contributed by atoms with E-state index in [9.17, 15) is 4.79 Å². The second kappa shape index (κ2) is 5.77. The molecule has 0 atom stereocenters. The van der Waals surface area contributed by atoms with Gasteiger partial charge in [-0.2, -0.15) is 0 Å². The first-order chi connectivity index (χ1) is 10.6. The van der Waals surface area contributed by atoms with Crippen LogP contribution in [0.2, 0.25) is 0 Å². The van der Waals surface area contributed by atoms with Gasteiger partial charge >= 0.3 is 13.2 Å². The van der Waals surface area contributed by atoms with Crippen LogP contribution < -0.4 is 0 Å². The fourth-order valence-electron chi connectivity index (χ4n) is 2.96. The van der Waals surface area contributed by atoms with Crippen LogP contribution in [0.4, 0.5) is 4.79 Å². The highest BCUT2D eigenvalue weighted by molar-refractivity contribution is 6.54. The first kappa shape index (κ1) is 19.3. The summed E-state index contributed by atoms with van der Waals surface area (Å²) < 4.78 is 17.8. The minimum atomic E-state index is -0.497. The Kier molecular flexibility index (Phi) is 4.64. The lowest BCUT2D eigenvalue weighted by molar-refractivity contribution is 0.00578. The van der Waals surface area contributed by atoms with Gasteiger partial charge in [-0.3, -0.25) is 4.90 Å². The SMILES string of the molecule is CC(C)(C)OC(=O)N1CCC(B2OC(C)(C)C(C)(C)O2)=CC1(C)C. The zero-order valence-electron chi connectivity index (χ0n) is 16.6. The molecule has 0 aliphatic carbocycles. The third-order valence-corrected chi connectivity index (χ3v) is 5.03. The van der Waals surface area contributed by atoms with Gasteiger partial charge in [0.25, 0.3) is 0 Å². The largest absolute Gasteiger partial charge is 0.490 e. The van der Waals surface area contributed by atoms with Crippen molar-refractivity contribution in [1.29, 1.82) is 0 Å². The van der Waals surface area contributed by atoms with E-state index in [-0.39, 0.29) is 24.4 Å². The first-order valence-electron chi connectivity index (χ1n) is 8.73. The average Bonchev–Trinajstić information content (AvgIpc) is 2.54. The third kappa shape index (κ3) is 3.80. The van der Waals surface area contributed by atoms with E-state index in [1.807, 2.05) is 34.6 Å². The summed E-state index contributed by atoms with van der Waals surface area (Å²) in [4.78, 5) is 14.2. The molecule has 0 aromatic rings. The van der Waals surface area contributed by atoms with Gasteiger partial charge in [-0.1, -0.05) is 6.08 Å². The van der Waals surface area contributed by atoms with Gasteiger partial charge in [0.2, 0.25) is 0 Å². The molecule has 0 aromatic carbocycles. The van der Waals surface area contributed by atoms with E-state index in [4.69, 9.17) is 14.0 Å². The van der Waals surface area contributed by atoms with Crippen LogP contribution in [0, 0.1) is 0 Å². The van der Waals surface area contributed by atoms with Crippen molar-refractivity contribution in [2.24, 2.45) is 0 Å². The van der Waals surface area contributed by atoms with Crippen LogP contribution in [0.5, 0.6) is 0 Å². The molecule has 24 heavy (non-hydrogen) atoms. The smallest absolute Gasteiger partial charge is 0.444 e. The summed E-state index contributed by atoms with van der Waals surface area (Å²) in [6.07, 6.45) is 2.53. The van der Waals surface area contributed by atoms with Crippen LogP contribution in [0.15, 0.2) is 11.5 Å². The quantitative estimate of drug-likeness (QED) is 0.680. The number of nitrogens with zero attached hydrogens (tertiary/aromatic N) is 1. The maximum absolute atomic E-state index is 12.5. The van der Waals surface area contributed by atoms with Crippen molar-refractivity contribution in [2.45, 2.75) is 91.1 Å². The molecule has 5 nitrogen and oxygen atoms in total. The summed E-state index contributed by atoms with van der Waals surface area (Å²) in [5.74, 6) is 0. The Bertz CT molecular complexity index is 530. The minimum absolute atomic E-state index is 0.281. The number of amides is 1. The fourth-order valence-corrected chi connectivity index (χ4v) is 2.96. The summed E-state index contributed by atoms with van der Waals surface area (Å²) in [5.41, 5.74) is -0.559. The number of rotatable bonds is 1. The highest BCUT2D eigenvalue weighted by Crippen LogP contribution is 2.40. The van der Waals surface area contributed by atoms with Crippen molar-refractivity contribution in [3.63, 3.8) is 0 Å². The van der Waals surface area contributed by atoms with Crippen molar-refractivity contribution in [3.05, 3.63) is 11.5 Å². The van der Waals surface area contributed by atoms with E-state index in [0.29, 0.717) is 6.54 Å². The van der Waals surface area contributed by atoms with E-state index in [0.717, 1.165) is 11.9 Å². The van der Waals surface area contributed by atoms with Gasteiger partial charge in [0.05, 0.1) is 16.7 Å². The highest BCUT2D eigenvalue weighted by atomic mass is 16.7. The van der Waals surface area contributed by atoms with E-state index >= 15 is 0 Å². The third-order valence-electron chi connectivity index (χ3n) is 5.03. The van der Waals surface area contributed by atoms with Crippen molar-refractivity contribution in [2.75, 3.05) is 6.54 Å². The molecule has 2 heterocycles. The summed E-state index contributed by atoms with van der Waals surface area (Å²) in [6.45, 7) is 18.5. The lowest BCUT2D eigenvalue weighted by atomic mass is 9.71. The standard InChI is InChI=1S/C18H32BNO4/c1-15(2,3)22-14(21)20-11-10-13(12-16(20,4)5)19-23-17(6,7)18(8,9)24-19/h12H,10-11H2,1-9H3. The summed E-state index contributed by atoms with van der Waals surface area (Å²) in [7, 11) is -0.352. The second-order valence-electron chi connectivity index (χ2n) is 9.34. The molecule has 2 aliphatic rings. The molecule has 0 N–H and O–H groups in total. The maximum atomic E-state index is 12.5. The van der Waals surface area contributed by atoms with Crippen molar-refractivity contribution < 1.29 is 18.8 Å². The average molecular weight is 337 g/mol. The molecule has 0 unspecified atom stereocenters. The van der Waals surface area contributed by atoms with Crippen LogP contribution in [-0.2, 0) is 14.0 Å². The van der Waals surface area contributed by atoms with Crippen LogP contribution in [-0.4, -0.2) is 47.0 Å². The predicted octanol–water partition coefficient (Wildman–Crippen LogP) is 3.96. The molecule has 2 aliphatic heterocycles. The minimum Gasteiger partial charge on any atom is -0.444 e. The fraction of sp³-hybridized carbons (Fsp3) is 0.833. The number of ether oxygens (including phenoxy) is 1. The van der Waals surface area contributed by atoms with E-state index < -0.39 is 11.1 Å². The van der Waals surface area contributed by atoms with Gasteiger partial charge in [-0.05, 0) is 74.2 Å². The molecule has 1 saturated heterocycles. The lowest BCUT2D eigenvalue weighted by Gasteiger charge is -2.41. The number of carbonyl (C=O) groups excluding carboxylic acids is 1. The van der Waals surface area contributed by atoms with Gasteiger partial charge in [-0.15, -0.1) is 0 Å². The Hall–Kier alpha value is -1.01. The zero-order valence-corrected chi connectivity index (χ0v) is 16.6. The Morgan fingerprint density at radius 3 is 2.04 bits per heavy atom. The highest BCUT2D eigenvalue weighted by Gasteiger charge is 2.53. The molecule has 0 radical (unpaired) electrons. The Morgan fingerprint density at radius 1 is 1.12 bits per heavy atom. The van der Waals surface area contributed by atoms with Crippen molar-refractivity contribution in [3.8, 4) is 0 Å². The van der Waals surface area contributed by atoms with Gasteiger partial charge in [0.1, 0.15) is 5.60 Å². The molecule has 136 valence electrons. The molecule has 0 saturated carbocycles. The van der Waals surface area contributed by atoms with E-state index in [1.165, 1.54) is 0 Å².